The number of benzene rings is 1. The average molecular weight is 192 g/mol. The van der Waals surface area contributed by atoms with Crippen molar-refractivity contribution in [2.45, 2.75) is 6.92 Å². The van der Waals surface area contributed by atoms with E-state index in [0.29, 0.717) is 5.56 Å². The smallest absolute Gasteiger partial charge is 0.335 e. The summed E-state index contributed by atoms with van der Waals surface area (Å²) in [5.74, 6) is -0.916. The summed E-state index contributed by atoms with van der Waals surface area (Å²) in [5, 5.41) is 17.3. The molecule has 1 aromatic rings. The van der Waals surface area contributed by atoms with E-state index in [1.807, 2.05) is 0 Å². The normalized spacial score (nSPS) is 10.7. The third-order valence-corrected chi connectivity index (χ3v) is 1.90. The van der Waals surface area contributed by atoms with E-state index in [9.17, 15) is 4.79 Å². The molecule has 3 heteroatoms. The van der Waals surface area contributed by atoms with E-state index >= 15 is 0 Å². The van der Waals surface area contributed by atoms with E-state index in [4.69, 9.17) is 10.2 Å². The molecule has 0 amide bonds. The van der Waals surface area contributed by atoms with Crippen LogP contribution in [-0.2, 0) is 0 Å². The molecule has 0 atom stereocenters. The van der Waals surface area contributed by atoms with Crippen LogP contribution in [0.1, 0.15) is 21.5 Å². The first-order chi connectivity index (χ1) is 6.65. The Morgan fingerprint density at radius 2 is 2.21 bits per heavy atom. The number of carboxylic acid groups (broad SMARTS) is 1. The van der Waals surface area contributed by atoms with Gasteiger partial charge in [0.1, 0.15) is 0 Å². The highest BCUT2D eigenvalue weighted by Crippen LogP contribution is 2.12. The van der Waals surface area contributed by atoms with E-state index in [2.05, 4.69) is 0 Å². The number of hydrogen-bond donors (Lipinski definition) is 2. The lowest BCUT2D eigenvalue weighted by atomic mass is 10.1. The molecule has 0 saturated carbocycles. The van der Waals surface area contributed by atoms with E-state index in [1.165, 1.54) is 0 Å². The predicted octanol–water partition coefficient (Wildman–Crippen LogP) is 1.70. The van der Waals surface area contributed by atoms with Crippen molar-refractivity contribution in [1.82, 2.24) is 0 Å². The van der Waals surface area contributed by atoms with Gasteiger partial charge in [0.25, 0.3) is 0 Å². The number of aryl methyl sites for hydroxylation is 1. The Labute approximate surface area is 82.3 Å². The fraction of sp³-hybridized carbons (Fsp3) is 0.182. The van der Waals surface area contributed by atoms with E-state index in [0.717, 1.165) is 11.1 Å². The second-order valence-electron chi connectivity index (χ2n) is 2.96. The van der Waals surface area contributed by atoms with E-state index < -0.39 is 5.97 Å². The van der Waals surface area contributed by atoms with Crippen LogP contribution in [0.4, 0.5) is 0 Å². The monoisotopic (exact) mass is 192 g/mol. The fourth-order valence-electron chi connectivity index (χ4n) is 1.22. The summed E-state index contributed by atoms with van der Waals surface area (Å²) in [7, 11) is 0. The lowest BCUT2D eigenvalue weighted by Crippen LogP contribution is -1.99. The number of aliphatic hydroxyl groups is 1. The van der Waals surface area contributed by atoms with Crippen LogP contribution in [0, 0.1) is 6.92 Å². The Bertz CT molecular complexity index is 367. The molecule has 0 aromatic heterocycles. The number of carbonyl (C=O) groups is 1. The van der Waals surface area contributed by atoms with Crippen molar-refractivity contribution in [1.29, 1.82) is 0 Å². The highest BCUT2D eigenvalue weighted by atomic mass is 16.4. The molecule has 3 nitrogen and oxygen atoms in total. The standard InChI is InChI=1S/C11H12O3/c1-8-7-9(3-2-6-12)4-5-10(8)11(13)14/h2-5,7,12H,6H2,1H3,(H,13,14). The van der Waals surface area contributed by atoms with Crippen LogP contribution in [0.25, 0.3) is 6.08 Å². The van der Waals surface area contributed by atoms with Crippen molar-refractivity contribution in [3.05, 3.63) is 41.0 Å². The van der Waals surface area contributed by atoms with Crippen molar-refractivity contribution < 1.29 is 15.0 Å². The molecule has 1 aromatic carbocycles. The van der Waals surface area contributed by atoms with Crippen LogP contribution < -0.4 is 0 Å². The highest BCUT2D eigenvalue weighted by molar-refractivity contribution is 5.89. The minimum Gasteiger partial charge on any atom is -0.478 e. The SMILES string of the molecule is Cc1cc(C=CCO)ccc1C(=O)O. The largest absolute Gasteiger partial charge is 0.478 e. The van der Waals surface area contributed by atoms with Gasteiger partial charge in [0.15, 0.2) is 0 Å². The maximum Gasteiger partial charge on any atom is 0.335 e. The van der Waals surface area contributed by atoms with Gasteiger partial charge in [-0.15, -0.1) is 0 Å². The quantitative estimate of drug-likeness (QED) is 0.766. The van der Waals surface area contributed by atoms with Crippen molar-refractivity contribution in [2.24, 2.45) is 0 Å². The molecule has 2 N–H and O–H groups in total. The second kappa shape index (κ2) is 4.58. The molecule has 0 heterocycles. The van der Waals surface area contributed by atoms with Crippen molar-refractivity contribution in [3.63, 3.8) is 0 Å². The summed E-state index contributed by atoms with van der Waals surface area (Å²) in [6.45, 7) is 1.74. The molecule has 1 rings (SSSR count). The minimum atomic E-state index is -0.916. The van der Waals surface area contributed by atoms with Crippen LogP contribution in [0.3, 0.4) is 0 Å². The van der Waals surface area contributed by atoms with Gasteiger partial charge in [0.2, 0.25) is 0 Å². The van der Waals surface area contributed by atoms with E-state index in [-0.39, 0.29) is 6.61 Å². The maximum atomic E-state index is 10.7. The molecule has 0 spiro atoms. The van der Waals surface area contributed by atoms with Crippen molar-refractivity contribution >= 4 is 12.0 Å². The number of carboxylic acids is 1. The van der Waals surface area contributed by atoms with Crippen LogP contribution in [-0.4, -0.2) is 22.8 Å². The molecule has 0 bridgehead atoms. The van der Waals surface area contributed by atoms with Crippen LogP contribution in [0.5, 0.6) is 0 Å². The summed E-state index contributed by atoms with van der Waals surface area (Å²) < 4.78 is 0. The van der Waals surface area contributed by atoms with Gasteiger partial charge in [-0.25, -0.2) is 4.79 Å². The lowest BCUT2D eigenvalue weighted by Gasteiger charge is -2.01. The minimum absolute atomic E-state index is 0.0142. The Kier molecular flexibility index (Phi) is 3.42. The maximum absolute atomic E-state index is 10.7. The number of hydrogen-bond acceptors (Lipinski definition) is 2. The zero-order chi connectivity index (χ0) is 10.6. The Morgan fingerprint density at radius 3 is 2.71 bits per heavy atom. The van der Waals surface area contributed by atoms with Gasteiger partial charge >= 0.3 is 5.97 Å². The molecule has 14 heavy (non-hydrogen) atoms. The Balaban J connectivity index is 3.00. The zero-order valence-electron chi connectivity index (χ0n) is 7.90. The first-order valence-electron chi connectivity index (χ1n) is 4.26. The van der Waals surface area contributed by atoms with Crippen LogP contribution >= 0.6 is 0 Å². The molecule has 74 valence electrons. The molecule has 0 aliphatic carbocycles. The average Bonchev–Trinajstić information content (AvgIpc) is 2.14. The Hall–Kier alpha value is -1.61. The first kappa shape index (κ1) is 10.5. The van der Waals surface area contributed by atoms with Crippen molar-refractivity contribution in [2.75, 3.05) is 6.61 Å². The number of aromatic carboxylic acids is 1. The molecule has 0 aliphatic rings. The van der Waals surface area contributed by atoms with E-state index in [1.54, 1.807) is 37.3 Å². The van der Waals surface area contributed by atoms with Gasteiger partial charge in [-0.3, -0.25) is 0 Å². The van der Waals surface area contributed by atoms with Gasteiger partial charge in [0.05, 0.1) is 12.2 Å². The lowest BCUT2D eigenvalue weighted by molar-refractivity contribution is 0.0696. The molecule has 0 radical (unpaired) electrons. The Morgan fingerprint density at radius 1 is 1.50 bits per heavy atom. The first-order valence-corrected chi connectivity index (χ1v) is 4.26. The second-order valence-corrected chi connectivity index (χ2v) is 2.96. The summed E-state index contributed by atoms with van der Waals surface area (Å²) in [6, 6.07) is 5.05. The predicted molar refractivity (Wildman–Crippen MR) is 54.3 cm³/mol. The number of aliphatic hydroxyl groups excluding tert-OH is 1. The van der Waals surface area contributed by atoms with Gasteiger partial charge in [-0.05, 0) is 24.1 Å². The zero-order valence-corrected chi connectivity index (χ0v) is 7.90. The highest BCUT2D eigenvalue weighted by Gasteiger charge is 2.05. The number of rotatable bonds is 3. The molecular weight excluding hydrogens is 180 g/mol. The van der Waals surface area contributed by atoms with Gasteiger partial charge in [0, 0.05) is 0 Å². The van der Waals surface area contributed by atoms with Gasteiger partial charge in [-0.1, -0.05) is 24.3 Å². The third-order valence-electron chi connectivity index (χ3n) is 1.90. The summed E-state index contributed by atoms with van der Waals surface area (Å²) >= 11 is 0. The molecule has 0 saturated heterocycles. The van der Waals surface area contributed by atoms with Gasteiger partial charge < -0.3 is 10.2 Å². The van der Waals surface area contributed by atoms with Gasteiger partial charge in [-0.2, -0.15) is 0 Å². The van der Waals surface area contributed by atoms with Crippen molar-refractivity contribution in [3.8, 4) is 0 Å². The van der Waals surface area contributed by atoms with Crippen LogP contribution in [0.2, 0.25) is 0 Å². The molecular formula is C11H12O3. The molecule has 0 unspecified atom stereocenters. The topological polar surface area (TPSA) is 57.5 Å². The summed E-state index contributed by atoms with van der Waals surface area (Å²) in [5.41, 5.74) is 1.92. The fourth-order valence-corrected chi connectivity index (χ4v) is 1.22. The molecule has 0 aliphatic heterocycles. The summed E-state index contributed by atoms with van der Waals surface area (Å²) in [4.78, 5) is 10.7. The third kappa shape index (κ3) is 2.44. The molecule has 0 fully saturated rings. The summed E-state index contributed by atoms with van der Waals surface area (Å²) in [6.07, 6.45) is 3.36. The van der Waals surface area contributed by atoms with Crippen LogP contribution in [0.15, 0.2) is 24.3 Å².